The van der Waals surface area contributed by atoms with E-state index in [0.717, 1.165) is 50.5 Å². The van der Waals surface area contributed by atoms with Crippen LogP contribution in [0.3, 0.4) is 0 Å². The van der Waals surface area contributed by atoms with E-state index in [-0.39, 0.29) is 42.8 Å². The van der Waals surface area contributed by atoms with E-state index in [1.807, 2.05) is 12.1 Å². The summed E-state index contributed by atoms with van der Waals surface area (Å²) < 4.78 is 8.98. The Morgan fingerprint density at radius 3 is 2.47 bits per heavy atom. The average Bonchev–Trinajstić information content (AvgIpc) is 3.83. The molecule has 314 valence electrons. The normalized spacial score (nSPS) is 15.1. The lowest BCUT2D eigenvalue weighted by Crippen LogP contribution is -2.52. The number of anilines is 4. The van der Waals surface area contributed by atoms with E-state index in [9.17, 15) is 24.3 Å². The number of piperazine rings is 2. The zero-order valence-electron chi connectivity index (χ0n) is 34.0. The number of rotatable bonds is 16. The minimum atomic E-state index is -1.18. The van der Waals surface area contributed by atoms with Gasteiger partial charge in [-0.15, -0.1) is 6.58 Å². The molecule has 0 aliphatic carbocycles. The quantitative estimate of drug-likeness (QED) is 0.0751. The maximum atomic E-state index is 13.4. The Morgan fingerprint density at radius 2 is 1.75 bits per heavy atom. The molecule has 2 fully saturated rings. The molecular weight excluding hydrogens is 767 g/mol. The summed E-state index contributed by atoms with van der Waals surface area (Å²) in [4.78, 5) is 71.9. The lowest BCUT2D eigenvalue weighted by atomic mass is 10.1. The van der Waals surface area contributed by atoms with Crippen LogP contribution in [0.4, 0.5) is 23.2 Å². The Labute approximate surface area is 347 Å². The number of allylic oxidation sites excluding steroid dienone is 1. The molecule has 0 unspecified atom stereocenters. The van der Waals surface area contributed by atoms with Crippen LogP contribution >= 0.6 is 0 Å². The summed E-state index contributed by atoms with van der Waals surface area (Å²) >= 11 is 0. The van der Waals surface area contributed by atoms with Crippen molar-refractivity contribution in [2.45, 2.75) is 45.3 Å². The van der Waals surface area contributed by atoms with Gasteiger partial charge in [0.15, 0.2) is 11.5 Å². The molecule has 60 heavy (non-hydrogen) atoms. The summed E-state index contributed by atoms with van der Waals surface area (Å²) in [5, 5.41) is 17.2. The largest absolute Gasteiger partial charge is 0.445 e. The van der Waals surface area contributed by atoms with Gasteiger partial charge in [-0.2, -0.15) is 4.98 Å². The van der Waals surface area contributed by atoms with Gasteiger partial charge in [0.05, 0.1) is 12.2 Å². The highest BCUT2D eigenvalue weighted by molar-refractivity contribution is 5.98. The third kappa shape index (κ3) is 9.48. The van der Waals surface area contributed by atoms with Crippen molar-refractivity contribution in [2.24, 2.45) is 0 Å². The van der Waals surface area contributed by atoms with Crippen molar-refractivity contribution in [3.05, 3.63) is 108 Å². The van der Waals surface area contributed by atoms with Gasteiger partial charge in [0, 0.05) is 82.3 Å². The smallest absolute Gasteiger partial charge is 0.278 e. The zero-order valence-corrected chi connectivity index (χ0v) is 34.0. The molecular formula is C43H51N11O6. The van der Waals surface area contributed by atoms with Crippen LogP contribution in [0.2, 0.25) is 0 Å². The highest BCUT2D eigenvalue weighted by Gasteiger charge is 2.29. The van der Waals surface area contributed by atoms with Crippen molar-refractivity contribution in [1.82, 2.24) is 39.4 Å². The molecule has 0 radical (unpaired) electrons. The lowest BCUT2D eigenvalue weighted by Gasteiger charge is -2.36. The molecule has 17 heteroatoms. The second-order valence-electron chi connectivity index (χ2n) is 15.3. The van der Waals surface area contributed by atoms with Gasteiger partial charge in [-0.1, -0.05) is 18.7 Å². The van der Waals surface area contributed by atoms with E-state index in [1.165, 1.54) is 26.8 Å². The van der Waals surface area contributed by atoms with Crippen LogP contribution in [-0.2, 0) is 33.0 Å². The first-order valence-corrected chi connectivity index (χ1v) is 20.1. The van der Waals surface area contributed by atoms with Gasteiger partial charge in [-0.3, -0.25) is 29.0 Å². The first-order chi connectivity index (χ1) is 28.9. The predicted molar refractivity (Wildman–Crippen MR) is 229 cm³/mol. The second-order valence-corrected chi connectivity index (χ2v) is 15.3. The molecule has 2 aliphatic rings. The highest BCUT2D eigenvalue weighted by Crippen LogP contribution is 2.25. The minimum absolute atomic E-state index is 0.0227. The molecule has 0 saturated carbocycles. The Morgan fingerprint density at radius 1 is 0.967 bits per heavy atom. The van der Waals surface area contributed by atoms with Crippen molar-refractivity contribution >= 4 is 52.0 Å². The first-order valence-electron chi connectivity index (χ1n) is 20.1. The Hall–Kier alpha value is -6.59. The topological polar surface area (TPSA) is 187 Å². The van der Waals surface area contributed by atoms with Gasteiger partial charge >= 0.3 is 0 Å². The van der Waals surface area contributed by atoms with E-state index >= 15 is 0 Å². The van der Waals surface area contributed by atoms with Gasteiger partial charge in [0.1, 0.15) is 23.3 Å². The van der Waals surface area contributed by atoms with E-state index in [0.29, 0.717) is 66.2 Å². The number of aryl methyl sites for hydroxylation is 1. The molecule has 1 aromatic carbocycles. The number of benzene rings is 1. The number of aliphatic hydroxyl groups is 1. The predicted octanol–water partition coefficient (Wildman–Crippen LogP) is 3.35. The number of aromatic nitrogens is 5. The van der Waals surface area contributed by atoms with E-state index in [2.05, 4.69) is 55.7 Å². The van der Waals surface area contributed by atoms with Crippen molar-refractivity contribution in [1.29, 1.82) is 0 Å². The summed E-state index contributed by atoms with van der Waals surface area (Å²) in [7, 11) is 0. The molecule has 4 aromatic heterocycles. The summed E-state index contributed by atoms with van der Waals surface area (Å²) in [5.74, 6) is 1.26. The number of fused-ring (bicyclic) bond motifs is 1. The maximum absolute atomic E-state index is 13.4. The fourth-order valence-corrected chi connectivity index (χ4v) is 7.33. The lowest BCUT2D eigenvalue weighted by molar-refractivity contribution is -0.133. The monoisotopic (exact) mass is 817 g/mol. The number of amides is 3. The molecule has 0 spiro atoms. The number of hydrogen-bond acceptors (Lipinski definition) is 12. The number of carbonyl (C=O) groups excluding carboxylic acids is 3. The number of pyridine rings is 1. The molecule has 2 saturated heterocycles. The van der Waals surface area contributed by atoms with E-state index in [4.69, 9.17) is 9.40 Å². The molecule has 0 atom stereocenters. The molecule has 3 amide bonds. The summed E-state index contributed by atoms with van der Waals surface area (Å²) in [6.07, 6.45) is 5.88. The molecule has 5 aromatic rings. The summed E-state index contributed by atoms with van der Waals surface area (Å²) in [6.45, 7) is 16.6. The van der Waals surface area contributed by atoms with Crippen LogP contribution in [0.25, 0.3) is 16.9 Å². The SMILES string of the molecule is C=CCn1c(=O)c2cnc(Nc3ccc(N4CCN(CCCNC(=O)CCc5ccc(N6CCN(C(=O)C=C)CC6=O)o5)CC4)cc3)nc2n1-c1cccc(C(C)(C)O)n1. The fraction of sp³-hybridized carbons (Fsp3) is 0.372. The molecule has 0 bridgehead atoms. The molecule has 3 N–H and O–H groups in total. The van der Waals surface area contributed by atoms with E-state index < -0.39 is 5.60 Å². The van der Waals surface area contributed by atoms with Crippen LogP contribution in [0.1, 0.15) is 38.1 Å². The van der Waals surface area contributed by atoms with E-state index in [1.54, 1.807) is 54.9 Å². The van der Waals surface area contributed by atoms with Gasteiger partial charge in [0.2, 0.25) is 29.6 Å². The van der Waals surface area contributed by atoms with Crippen LogP contribution in [0.15, 0.2) is 95.3 Å². The Balaban J connectivity index is 0.852. The van der Waals surface area contributed by atoms with Crippen molar-refractivity contribution in [3.8, 4) is 5.82 Å². The number of nitrogens with zero attached hydrogens (tertiary/aromatic N) is 9. The fourth-order valence-electron chi connectivity index (χ4n) is 7.33. The van der Waals surface area contributed by atoms with Gasteiger partial charge in [-0.25, -0.2) is 19.3 Å². The zero-order chi connectivity index (χ0) is 42.4. The standard InChI is InChI=1S/C43H51N11O6/c1-5-20-53-41(58)33-28-45-42(48-40(33)54(53)35-10-7-9-34(47-35)43(3,4)59)46-30-11-13-31(14-12-30)50-24-22-49(23-25-50)21-8-19-44-36(55)17-15-32-16-18-39(60-32)52-27-26-51(29-38(52)57)37(56)6-2/h5-7,9-14,16,18,28,59H,1-2,8,15,17,19-27,29H2,3-4H3,(H,44,55)(H,45,46,48). The number of carbonyl (C=O) groups is 3. The third-order valence-electron chi connectivity index (χ3n) is 10.6. The van der Waals surface area contributed by atoms with Crippen LogP contribution in [-0.4, -0.2) is 116 Å². The van der Waals surface area contributed by atoms with Gasteiger partial charge in [0.25, 0.3) is 5.56 Å². The summed E-state index contributed by atoms with van der Waals surface area (Å²) in [6, 6.07) is 16.9. The average molecular weight is 818 g/mol. The molecule has 6 heterocycles. The van der Waals surface area contributed by atoms with Crippen LogP contribution in [0, 0.1) is 0 Å². The molecule has 17 nitrogen and oxygen atoms in total. The number of nitrogens with one attached hydrogen (secondary N) is 2. The Kier molecular flexibility index (Phi) is 12.6. The van der Waals surface area contributed by atoms with Crippen molar-refractivity contribution < 1.29 is 23.9 Å². The molecule has 7 rings (SSSR count). The highest BCUT2D eigenvalue weighted by atomic mass is 16.4. The maximum Gasteiger partial charge on any atom is 0.278 e. The third-order valence-corrected chi connectivity index (χ3v) is 10.6. The van der Waals surface area contributed by atoms with Gasteiger partial charge < -0.3 is 30.0 Å². The first kappa shape index (κ1) is 41.6. The number of hydrogen-bond donors (Lipinski definition) is 3. The molecule has 2 aliphatic heterocycles. The summed E-state index contributed by atoms with van der Waals surface area (Å²) in [5.41, 5.74) is 1.28. The van der Waals surface area contributed by atoms with Gasteiger partial charge in [-0.05, 0) is 75.4 Å². The van der Waals surface area contributed by atoms with Crippen molar-refractivity contribution in [3.63, 3.8) is 0 Å². The van der Waals surface area contributed by atoms with Crippen LogP contribution < -0.4 is 26.0 Å². The minimum Gasteiger partial charge on any atom is -0.445 e. The van der Waals surface area contributed by atoms with Crippen LogP contribution in [0.5, 0.6) is 0 Å². The van der Waals surface area contributed by atoms with Crippen molar-refractivity contribution in [2.75, 3.05) is 74.0 Å². The Bertz CT molecular complexity index is 2420. The number of furan rings is 1. The second kappa shape index (κ2) is 18.1.